The minimum absolute atomic E-state index is 0.0626. The molecule has 1 fully saturated rings. The molecule has 146 valence electrons. The molecule has 1 aliphatic heterocycles. The van der Waals surface area contributed by atoms with Gasteiger partial charge in [-0.2, -0.15) is 5.10 Å². The van der Waals surface area contributed by atoms with E-state index < -0.39 is 0 Å². The summed E-state index contributed by atoms with van der Waals surface area (Å²) in [6, 6.07) is 12.0. The summed E-state index contributed by atoms with van der Waals surface area (Å²) in [4.78, 5) is 19.4. The maximum atomic E-state index is 13.1. The molecule has 29 heavy (non-hydrogen) atoms. The first-order valence-electron chi connectivity index (χ1n) is 9.48. The van der Waals surface area contributed by atoms with E-state index in [-0.39, 0.29) is 5.91 Å². The van der Waals surface area contributed by atoms with E-state index in [2.05, 4.69) is 41.3 Å². The fraction of sp³-hybridized carbons (Fsp3) is 0.227. The summed E-state index contributed by atoms with van der Waals surface area (Å²) < 4.78 is 1.74. The number of aryl methyl sites for hydroxylation is 2. The van der Waals surface area contributed by atoms with Crippen molar-refractivity contribution in [1.29, 1.82) is 0 Å². The van der Waals surface area contributed by atoms with Crippen LogP contribution in [0.5, 0.6) is 0 Å². The first kappa shape index (κ1) is 17.9. The van der Waals surface area contributed by atoms with Gasteiger partial charge in [0.2, 0.25) is 0 Å². The normalized spacial score (nSPS) is 14.5. The standard InChI is InChI=1S/C22H20ClN5O/c1-12-3-5-13(6-4-12)14-10-28(11-14)22(29)15-7-16-19(8-18(15)23)26-21(24)17-9-25-27(2)20(16)17/h3-9,14H,10-11H2,1-2H3,(H2,24,26). The van der Waals surface area contributed by atoms with Gasteiger partial charge >= 0.3 is 0 Å². The van der Waals surface area contributed by atoms with E-state index >= 15 is 0 Å². The largest absolute Gasteiger partial charge is 0.383 e. The summed E-state index contributed by atoms with van der Waals surface area (Å²) in [5.41, 5.74) is 10.5. The van der Waals surface area contributed by atoms with Gasteiger partial charge in [0.25, 0.3) is 5.91 Å². The number of aromatic nitrogens is 3. The molecular weight excluding hydrogens is 386 g/mol. The number of hydrogen-bond acceptors (Lipinski definition) is 4. The number of carbonyl (C=O) groups excluding carboxylic acids is 1. The molecule has 2 aromatic heterocycles. The highest BCUT2D eigenvalue weighted by Crippen LogP contribution is 2.34. The molecule has 0 radical (unpaired) electrons. The summed E-state index contributed by atoms with van der Waals surface area (Å²) in [7, 11) is 1.85. The zero-order valence-electron chi connectivity index (χ0n) is 16.2. The third kappa shape index (κ3) is 2.83. The Morgan fingerprint density at radius 1 is 1.17 bits per heavy atom. The second-order valence-electron chi connectivity index (χ2n) is 7.69. The summed E-state index contributed by atoms with van der Waals surface area (Å²) in [6.45, 7) is 3.46. The van der Waals surface area contributed by atoms with Gasteiger partial charge in [0.1, 0.15) is 5.82 Å². The first-order valence-corrected chi connectivity index (χ1v) is 9.86. The minimum atomic E-state index is -0.0626. The second-order valence-corrected chi connectivity index (χ2v) is 8.10. The number of carbonyl (C=O) groups is 1. The van der Waals surface area contributed by atoms with Gasteiger partial charge in [0.15, 0.2) is 0 Å². The average Bonchev–Trinajstić information content (AvgIpc) is 3.04. The van der Waals surface area contributed by atoms with Crippen LogP contribution < -0.4 is 5.73 Å². The highest BCUT2D eigenvalue weighted by Gasteiger charge is 2.33. The Morgan fingerprint density at radius 2 is 1.90 bits per heavy atom. The number of anilines is 1. The van der Waals surface area contributed by atoms with Gasteiger partial charge < -0.3 is 10.6 Å². The first-order chi connectivity index (χ1) is 13.9. The fourth-order valence-electron chi connectivity index (χ4n) is 4.01. The van der Waals surface area contributed by atoms with Crippen molar-refractivity contribution in [2.75, 3.05) is 18.8 Å². The van der Waals surface area contributed by atoms with E-state index in [0.29, 0.717) is 40.9 Å². The molecule has 7 heteroatoms. The smallest absolute Gasteiger partial charge is 0.255 e. The van der Waals surface area contributed by atoms with E-state index in [1.165, 1.54) is 11.1 Å². The molecule has 2 N–H and O–H groups in total. The molecule has 1 saturated heterocycles. The summed E-state index contributed by atoms with van der Waals surface area (Å²) in [5, 5.41) is 6.25. The number of halogens is 1. The SMILES string of the molecule is Cc1ccc(C2CN(C(=O)c3cc4c(cc3Cl)nc(N)c3cnn(C)c34)C2)cc1. The molecule has 0 unspecified atom stereocenters. The number of benzene rings is 2. The summed E-state index contributed by atoms with van der Waals surface area (Å²) in [5.74, 6) is 0.704. The van der Waals surface area contributed by atoms with Crippen molar-refractivity contribution in [2.24, 2.45) is 7.05 Å². The quantitative estimate of drug-likeness (QED) is 0.548. The van der Waals surface area contributed by atoms with Crippen molar-refractivity contribution in [1.82, 2.24) is 19.7 Å². The fourth-order valence-corrected chi connectivity index (χ4v) is 4.25. The van der Waals surface area contributed by atoms with E-state index in [9.17, 15) is 4.79 Å². The van der Waals surface area contributed by atoms with E-state index in [4.69, 9.17) is 17.3 Å². The molecule has 1 aliphatic rings. The average molecular weight is 406 g/mol. The van der Waals surface area contributed by atoms with Crippen molar-refractivity contribution in [2.45, 2.75) is 12.8 Å². The molecule has 5 rings (SSSR count). The number of fused-ring (bicyclic) bond motifs is 3. The number of nitrogens with two attached hydrogens (primary N) is 1. The number of hydrogen-bond donors (Lipinski definition) is 1. The van der Waals surface area contributed by atoms with Gasteiger partial charge in [-0.25, -0.2) is 4.98 Å². The monoisotopic (exact) mass is 405 g/mol. The van der Waals surface area contributed by atoms with Gasteiger partial charge in [-0.05, 0) is 24.6 Å². The number of pyridine rings is 1. The molecule has 3 heterocycles. The zero-order chi connectivity index (χ0) is 20.3. The molecule has 0 aliphatic carbocycles. The van der Waals surface area contributed by atoms with Crippen LogP contribution >= 0.6 is 11.6 Å². The van der Waals surface area contributed by atoms with Crippen LogP contribution in [0.1, 0.15) is 27.4 Å². The third-order valence-corrected chi connectivity index (χ3v) is 6.06. The van der Waals surface area contributed by atoms with Crippen molar-refractivity contribution >= 4 is 45.1 Å². The van der Waals surface area contributed by atoms with Crippen LogP contribution in [-0.4, -0.2) is 38.7 Å². The van der Waals surface area contributed by atoms with Crippen LogP contribution in [0, 0.1) is 6.92 Å². The maximum Gasteiger partial charge on any atom is 0.255 e. The van der Waals surface area contributed by atoms with Crippen molar-refractivity contribution < 1.29 is 4.79 Å². The molecule has 0 saturated carbocycles. The summed E-state index contributed by atoms with van der Waals surface area (Å²) in [6.07, 6.45) is 1.69. The van der Waals surface area contributed by atoms with Crippen molar-refractivity contribution in [3.05, 3.63) is 64.3 Å². The van der Waals surface area contributed by atoms with Crippen LogP contribution in [0.4, 0.5) is 5.82 Å². The van der Waals surface area contributed by atoms with Crippen LogP contribution in [0.15, 0.2) is 42.6 Å². The lowest BCUT2D eigenvalue weighted by Gasteiger charge is -2.39. The Kier molecular flexibility index (Phi) is 3.99. The third-order valence-electron chi connectivity index (χ3n) is 5.74. The Hall–Kier alpha value is -3.12. The Morgan fingerprint density at radius 3 is 2.62 bits per heavy atom. The van der Waals surface area contributed by atoms with Gasteiger partial charge in [-0.3, -0.25) is 9.48 Å². The van der Waals surface area contributed by atoms with Crippen molar-refractivity contribution in [3.63, 3.8) is 0 Å². The number of rotatable bonds is 2. The number of likely N-dealkylation sites (tertiary alicyclic amines) is 1. The molecule has 4 aromatic rings. The van der Waals surface area contributed by atoms with Gasteiger partial charge in [-0.1, -0.05) is 41.4 Å². The van der Waals surface area contributed by atoms with Crippen molar-refractivity contribution in [3.8, 4) is 0 Å². The Bertz CT molecular complexity index is 1270. The lowest BCUT2D eigenvalue weighted by Crippen LogP contribution is -2.48. The predicted molar refractivity (Wildman–Crippen MR) is 115 cm³/mol. The van der Waals surface area contributed by atoms with Crippen LogP contribution in [-0.2, 0) is 7.05 Å². The minimum Gasteiger partial charge on any atom is -0.383 e. The van der Waals surface area contributed by atoms with E-state index in [1.807, 2.05) is 18.0 Å². The number of amides is 1. The molecule has 0 bridgehead atoms. The molecule has 6 nitrogen and oxygen atoms in total. The number of nitrogen functional groups attached to an aromatic ring is 1. The van der Waals surface area contributed by atoms with E-state index in [1.54, 1.807) is 16.9 Å². The highest BCUT2D eigenvalue weighted by molar-refractivity contribution is 6.35. The maximum absolute atomic E-state index is 13.1. The van der Waals surface area contributed by atoms with Crippen LogP contribution in [0.3, 0.4) is 0 Å². The van der Waals surface area contributed by atoms with Gasteiger partial charge in [0, 0.05) is 31.4 Å². The molecule has 2 aromatic carbocycles. The Balaban J connectivity index is 1.48. The highest BCUT2D eigenvalue weighted by atomic mass is 35.5. The molecule has 0 atom stereocenters. The second kappa shape index (κ2) is 6.46. The summed E-state index contributed by atoms with van der Waals surface area (Å²) >= 11 is 6.46. The van der Waals surface area contributed by atoms with Gasteiger partial charge in [-0.15, -0.1) is 0 Å². The Labute approximate surface area is 172 Å². The molecular formula is C22H20ClN5O. The lowest BCUT2D eigenvalue weighted by atomic mass is 9.90. The number of nitrogens with zero attached hydrogens (tertiary/aromatic N) is 4. The topological polar surface area (TPSA) is 77.0 Å². The molecule has 1 amide bonds. The molecule has 0 spiro atoms. The van der Waals surface area contributed by atoms with Gasteiger partial charge in [0.05, 0.1) is 33.2 Å². The van der Waals surface area contributed by atoms with Crippen LogP contribution in [0.2, 0.25) is 5.02 Å². The zero-order valence-corrected chi connectivity index (χ0v) is 16.9. The predicted octanol–water partition coefficient (Wildman–Crippen LogP) is 3.91. The van der Waals surface area contributed by atoms with Crippen LogP contribution in [0.25, 0.3) is 21.8 Å². The lowest BCUT2D eigenvalue weighted by molar-refractivity contribution is 0.0602. The van der Waals surface area contributed by atoms with E-state index in [0.717, 1.165) is 16.3 Å².